The number of hydrogen-bond acceptors (Lipinski definition) is 5. The van der Waals surface area contributed by atoms with Gasteiger partial charge in [0.25, 0.3) is 10.0 Å². The molecule has 1 aromatic carbocycles. The number of halogens is 2. The van der Waals surface area contributed by atoms with Crippen LogP contribution in [0.5, 0.6) is 0 Å². The van der Waals surface area contributed by atoms with Crippen LogP contribution in [0.4, 0.5) is 10.2 Å². The van der Waals surface area contributed by atoms with Gasteiger partial charge in [0.05, 0.1) is 15.4 Å². The fourth-order valence-electron chi connectivity index (χ4n) is 3.12. The first-order valence-electron chi connectivity index (χ1n) is 8.11. The van der Waals surface area contributed by atoms with Gasteiger partial charge in [-0.05, 0) is 30.3 Å². The number of nitrogens with zero attached hydrogens (tertiary/aromatic N) is 3. The SMILES string of the molecule is O=S(=O)(c1ccc(F)c(Cl)c1)n1ccc2c(N3CCNCC3)nccc21. The molecule has 0 radical (unpaired) electrons. The Kier molecular flexibility index (Phi) is 4.34. The number of nitrogens with one attached hydrogen (secondary N) is 1. The number of hydrogen-bond donors (Lipinski definition) is 1. The first kappa shape index (κ1) is 17.3. The molecule has 1 fully saturated rings. The van der Waals surface area contributed by atoms with E-state index in [0.717, 1.165) is 49.5 Å². The molecule has 0 saturated carbocycles. The van der Waals surface area contributed by atoms with Crippen LogP contribution in [0, 0.1) is 5.82 Å². The molecule has 26 heavy (non-hydrogen) atoms. The largest absolute Gasteiger partial charge is 0.354 e. The van der Waals surface area contributed by atoms with E-state index in [9.17, 15) is 12.8 Å². The van der Waals surface area contributed by atoms with Crippen LogP contribution >= 0.6 is 11.6 Å². The molecule has 1 saturated heterocycles. The van der Waals surface area contributed by atoms with Gasteiger partial charge < -0.3 is 10.2 Å². The molecule has 1 aliphatic heterocycles. The smallest absolute Gasteiger partial charge is 0.268 e. The molecule has 9 heteroatoms. The summed E-state index contributed by atoms with van der Waals surface area (Å²) in [6.45, 7) is 3.31. The lowest BCUT2D eigenvalue weighted by molar-refractivity contribution is 0.586. The van der Waals surface area contributed by atoms with Gasteiger partial charge in [-0.2, -0.15) is 0 Å². The highest BCUT2D eigenvalue weighted by Crippen LogP contribution is 2.29. The van der Waals surface area contributed by atoms with Crippen LogP contribution in [0.2, 0.25) is 5.02 Å². The number of benzene rings is 1. The molecule has 0 amide bonds. The topological polar surface area (TPSA) is 67.2 Å². The van der Waals surface area contributed by atoms with Crippen LogP contribution in [0.25, 0.3) is 10.9 Å². The highest BCUT2D eigenvalue weighted by atomic mass is 35.5. The van der Waals surface area contributed by atoms with Gasteiger partial charge >= 0.3 is 0 Å². The fraction of sp³-hybridized carbons (Fsp3) is 0.235. The van der Waals surface area contributed by atoms with Gasteiger partial charge in [0.15, 0.2) is 0 Å². The molecular formula is C17H16ClFN4O2S. The molecule has 6 nitrogen and oxygen atoms in total. The molecule has 0 bridgehead atoms. The van der Waals surface area contributed by atoms with Crippen molar-refractivity contribution in [2.75, 3.05) is 31.1 Å². The summed E-state index contributed by atoms with van der Waals surface area (Å²) in [7, 11) is -3.90. The standard InChI is InChI=1S/C17H16ClFN4O2S/c18-14-11-12(1-2-15(14)19)26(24,25)23-8-4-13-16(23)3-5-21-17(13)22-9-6-20-7-10-22/h1-5,8,11,20H,6-7,9-10H2. The summed E-state index contributed by atoms with van der Waals surface area (Å²) in [5.74, 6) is 0.100. The zero-order chi connectivity index (χ0) is 18.3. The minimum absolute atomic E-state index is 0.0677. The van der Waals surface area contributed by atoms with Crippen LogP contribution in [0.3, 0.4) is 0 Å². The summed E-state index contributed by atoms with van der Waals surface area (Å²) >= 11 is 5.75. The van der Waals surface area contributed by atoms with Crippen molar-refractivity contribution in [2.24, 2.45) is 0 Å². The van der Waals surface area contributed by atoms with Crippen molar-refractivity contribution in [3.05, 3.63) is 53.6 Å². The van der Waals surface area contributed by atoms with Gasteiger partial charge in [-0.15, -0.1) is 0 Å². The van der Waals surface area contributed by atoms with E-state index in [4.69, 9.17) is 11.6 Å². The van der Waals surface area contributed by atoms with E-state index in [1.54, 1.807) is 18.3 Å². The molecule has 136 valence electrons. The first-order chi connectivity index (χ1) is 12.5. The monoisotopic (exact) mass is 394 g/mol. The van der Waals surface area contributed by atoms with Gasteiger partial charge in [-0.25, -0.2) is 21.8 Å². The van der Waals surface area contributed by atoms with Gasteiger partial charge in [0, 0.05) is 44.0 Å². The van der Waals surface area contributed by atoms with Gasteiger partial charge in [-0.3, -0.25) is 0 Å². The summed E-state index contributed by atoms with van der Waals surface area (Å²) in [5.41, 5.74) is 0.522. The van der Waals surface area contributed by atoms with Crippen molar-refractivity contribution in [2.45, 2.75) is 4.90 Å². The van der Waals surface area contributed by atoms with E-state index in [-0.39, 0.29) is 9.92 Å². The summed E-state index contributed by atoms with van der Waals surface area (Å²) in [6, 6.07) is 6.78. The minimum Gasteiger partial charge on any atom is -0.354 e. The number of pyridine rings is 1. The Morgan fingerprint density at radius 3 is 2.65 bits per heavy atom. The zero-order valence-corrected chi connectivity index (χ0v) is 15.3. The van der Waals surface area contributed by atoms with E-state index in [2.05, 4.69) is 15.2 Å². The molecule has 0 atom stereocenters. The predicted octanol–water partition coefficient (Wildman–Crippen LogP) is 2.48. The summed E-state index contributed by atoms with van der Waals surface area (Å²) in [5, 5.41) is 3.80. The Labute approximate surface area is 155 Å². The maximum Gasteiger partial charge on any atom is 0.268 e. The highest BCUT2D eigenvalue weighted by Gasteiger charge is 2.23. The summed E-state index contributed by atoms with van der Waals surface area (Å²) in [4.78, 5) is 6.51. The molecule has 1 aliphatic rings. The number of fused-ring (bicyclic) bond motifs is 1. The molecule has 4 rings (SSSR count). The van der Waals surface area contributed by atoms with Crippen molar-refractivity contribution < 1.29 is 12.8 Å². The Morgan fingerprint density at radius 2 is 1.92 bits per heavy atom. The maximum atomic E-state index is 13.4. The van der Waals surface area contributed by atoms with Crippen molar-refractivity contribution in [1.29, 1.82) is 0 Å². The van der Waals surface area contributed by atoms with Crippen LogP contribution in [0.1, 0.15) is 0 Å². The Balaban J connectivity index is 1.83. The molecule has 3 aromatic rings. The van der Waals surface area contributed by atoms with Crippen LogP contribution < -0.4 is 10.2 Å². The fourth-order valence-corrected chi connectivity index (χ4v) is 4.73. The highest BCUT2D eigenvalue weighted by molar-refractivity contribution is 7.90. The van der Waals surface area contributed by atoms with Crippen molar-refractivity contribution >= 4 is 38.3 Å². The average Bonchev–Trinajstić information content (AvgIpc) is 3.09. The third kappa shape index (κ3) is 2.84. The Morgan fingerprint density at radius 1 is 1.15 bits per heavy atom. The third-order valence-electron chi connectivity index (χ3n) is 4.42. The lowest BCUT2D eigenvalue weighted by Gasteiger charge is -2.28. The second kappa shape index (κ2) is 6.53. The molecule has 1 N–H and O–H groups in total. The molecule has 3 heterocycles. The second-order valence-corrected chi connectivity index (χ2v) is 8.22. The molecule has 2 aromatic heterocycles. The minimum atomic E-state index is -3.90. The predicted molar refractivity (Wildman–Crippen MR) is 98.8 cm³/mol. The first-order valence-corrected chi connectivity index (χ1v) is 9.92. The molecular weight excluding hydrogens is 379 g/mol. The summed E-state index contributed by atoms with van der Waals surface area (Å²) < 4.78 is 40.6. The quantitative estimate of drug-likeness (QED) is 0.739. The maximum absolute atomic E-state index is 13.4. The zero-order valence-electron chi connectivity index (χ0n) is 13.7. The average molecular weight is 395 g/mol. The van der Waals surface area contributed by atoms with Gasteiger partial charge in [-0.1, -0.05) is 11.6 Å². The van der Waals surface area contributed by atoms with Crippen LogP contribution in [-0.4, -0.2) is 43.6 Å². The van der Waals surface area contributed by atoms with E-state index < -0.39 is 15.8 Å². The van der Waals surface area contributed by atoms with Crippen LogP contribution in [-0.2, 0) is 10.0 Å². The number of piperazine rings is 1. The van der Waals surface area contributed by atoms with Gasteiger partial charge in [0.1, 0.15) is 11.6 Å². The second-order valence-electron chi connectivity index (χ2n) is 6.00. The lowest BCUT2D eigenvalue weighted by Crippen LogP contribution is -2.43. The van der Waals surface area contributed by atoms with Gasteiger partial charge in [0.2, 0.25) is 0 Å². The van der Waals surface area contributed by atoms with E-state index >= 15 is 0 Å². The van der Waals surface area contributed by atoms with E-state index in [1.807, 2.05) is 0 Å². The summed E-state index contributed by atoms with van der Waals surface area (Å²) in [6.07, 6.45) is 3.09. The third-order valence-corrected chi connectivity index (χ3v) is 6.40. The molecule has 0 aliphatic carbocycles. The Hall–Kier alpha value is -2.16. The van der Waals surface area contributed by atoms with Crippen molar-refractivity contribution in [3.63, 3.8) is 0 Å². The lowest BCUT2D eigenvalue weighted by atomic mass is 10.2. The number of aromatic nitrogens is 2. The van der Waals surface area contributed by atoms with E-state index in [0.29, 0.717) is 5.52 Å². The van der Waals surface area contributed by atoms with Crippen LogP contribution in [0.15, 0.2) is 47.6 Å². The normalized spacial score (nSPS) is 15.5. The van der Waals surface area contributed by atoms with Crippen molar-refractivity contribution in [1.82, 2.24) is 14.3 Å². The molecule has 0 unspecified atom stereocenters. The van der Waals surface area contributed by atoms with Crippen molar-refractivity contribution in [3.8, 4) is 0 Å². The number of anilines is 1. The Bertz CT molecular complexity index is 1080. The number of rotatable bonds is 3. The van der Waals surface area contributed by atoms with E-state index in [1.165, 1.54) is 16.2 Å². The molecule has 0 spiro atoms.